The molecule has 0 unspecified atom stereocenters. The summed E-state index contributed by atoms with van der Waals surface area (Å²) in [7, 11) is 2.23. The molecule has 2 heteroatoms. The highest BCUT2D eigenvalue weighted by atomic mass is 15.2. The Balaban J connectivity index is 2.62. The van der Waals surface area contributed by atoms with Crippen LogP contribution in [0.5, 0.6) is 0 Å². The summed E-state index contributed by atoms with van der Waals surface area (Å²) in [6.07, 6.45) is 0. The van der Waals surface area contributed by atoms with Crippen LogP contribution in [0.15, 0.2) is 0 Å². The van der Waals surface area contributed by atoms with E-state index in [0.717, 1.165) is 0 Å². The minimum atomic E-state index is 0.440. The van der Waals surface area contributed by atoms with Gasteiger partial charge in [-0.1, -0.05) is 13.8 Å². The molecule has 0 aromatic rings. The molecular weight excluding hydrogens is 160 g/mol. The van der Waals surface area contributed by atoms with Crippen molar-refractivity contribution in [1.82, 2.24) is 9.80 Å². The van der Waals surface area contributed by atoms with Crippen molar-refractivity contribution in [2.75, 3.05) is 33.2 Å². The lowest BCUT2D eigenvalue weighted by Gasteiger charge is -2.32. The van der Waals surface area contributed by atoms with E-state index < -0.39 is 0 Å². The van der Waals surface area contributed by atoms with Gasteiger partial charge in [0.25, 0.3) is 0 Å². The van der Waals surface area contributed by atoms with E-state index in [-0.39, 0.29) is 0 Å². The molecule has 78 valence electrons. The van der Waals surface area contributed by atoms with Gasteiger partial charge in [-0.25, -0.2) is 0 Å². The molecule has 1 aliphatic heterocycles. The predicted octanol–water partition coefficient (Wildman–Crippen LogP) is 1.67. The molecule has 0 saturated carbocycles. The van der Waals surface area contributed by atoms with Crippen LogP contribution in [0.1, 0.15) is 27.7 Å². The maximum atomic E-state index is 2.59. The second-order valence-electron chi connectivity index (χ2n) is 5.47. The molecule has 0 spiro atoms. The maximum Gasteiger partial charge on any atom is 0.0112 e. The quantitative estimate of drug-likeness (QED) is 0.611. The highest BCUT2D eigenvalue weighted by molar-refractivity contribution is 4.82. The van der Waals surface area contributed by atoms with Crippen LogP contribution in [0.2, 0.25) is 0 Å². The van der Waals surface area contributed by atoms with Crippen molar-refractivity contribution in [1.29, 1.82) is 0 Å². The van der Waals surface area contributed by atoms with E-state index in [1.807, 2.05) is 0 Å². The molecule has 1 aliphatic rings. The molecule has 1 rings (SSSR count). The zero-order chi connectivity index (χ0) is 10.1. The molecule has 0 aliphatic carbocycles. The van der Waals surface area contributed by atoms with E-state index in [1.54, 1.807) is 0 Å². The highest BCUT2D eigenvalue weighted by Crippen LogP contribution is 2.22. The zero-order valence-corrected chi connectivity index (χ0v) is 9.80. The van der Waals surface area contributed by atoms with Crippen molar-refractivity contribution in [2.45, 2.75) is 33.7 Å². The van der Waals surface area contributed by atoms with E-state index in [4.69, 9.17) is 0 Å². The van der Waals surface area contributed by atoms with Gasteiger partial charge in [-0.05, 0) is 26.3 Å². The second-order valence-corrected chi connectivity index (χ2v) is 5.47. The molecule has 0 amide bonds. The van der Waals surface area contributed by atoms with Crippen molar-refractivity contribution < 1.29 is 0 Å². The Kier molecular flexibility index (Phi) is 3.36. The van der Waals surface area contributed by atoms with Crippen LogP contribution in [0.25, 0.3) is 0 Å². The van der Waals surface area contributed by atoms with Crippen LogP contribution in [0.3, 0.4) is 0 Å². The smallest absolute Gasteiger partial charge is 0.0112 e. The van der Waals surface area contributed by atoms with Crippen LogP contribution >= 0.6 is 0 Å². The Morgan fingerprint density at radius 2 is 1.69 bits per heavy atom. The Morgan fingerprint density at radius 1 is 1.08 bits per heavy atom. The molecule has 1 fully saturated rings. The SMILES string of the molecule is CC(C)N1CCN(C)CC(C)(C)C1. The van der Waals surface area contributed by atoms with Crippen LogP contribution in [0.4, 0.5) is 0 Å². The van der Waals surface area contributed by atoms with Crippen molar-refractivity contribution in [3.8, 4) is 0 Å². The largest absolute Gasteiger partial charge is 0.305 e. The summed E-state index contributed by atoms with van der Waals surface area (Å²) in [5.41, 5.74) is 0.440. The lowest BCUT2D eigenvalue weighted by atomic mass is 9.92. The molecule has 2 nitrogen and oxygen atoms in total. The van der Waals surface area contributed by atoms with E-state index in [0.29, 0.717) is 11.5 Å². The van der Waals surface area contributed by atoms with E-state index in [1.165, 1.54) is 26.2 Å². The summed E-state index contributed by atoms with van der Waals surface area (Å²) >= 11 is 0. The fourth-order valence-electron chi connectivity index (χ4n) is 2.23. The summed E-state index contributed by atoms with van der Waals surface area (Å²) in [5, 5.41) is 0. The van der Waals surface area contributed by atoms with Gasteiger partial charge in [0.2, 0.25) is 0 Å². The molecule has 0 aromatic heterocycles. The lowest BCUT2D eigenvalue weighted by Crippen LogP contribution is -2.39. The summed E-state index contributed by atoms with van der Waals surface area (Å²) in [6, 6.07) is 0.686. The number of nitrogens with zero attached hydrogens (tertiary/aromatic N) is 2. The molecule has 0 aromatic carbocycles. The van der Waals surface area contributed by atoms with Gasteiger partial charge in [-0.2, -0.15) is 0 Å². The summed E-state index contributed by atoms with van der Waals surface area (Å²) in [4.78, 5) is 5.03. The predicted molar refractivity (Wildman–Crippen MR) is 58.0 cm³/mol. The fourth-order valence-corrected chi connectivity index (χ4v) is 2.23. The van der Waals surface area contributed by atoms with Crippen molar-refractivity contribution in [2.24, 2.45) is 5.41 Å². The third kappa shape index (κ3) is 3.28. The first kappa shape index (κ1) is 11.0. The van der Waals surface area contributed by atoms with Crippen molar-refractivity contribution in [3.63, 3.8) is 0 Å². The standard InChI is InChI=1S/C11H24N2/c1-10(2)13-7-6-12(5)8-11(3,4)9-13/h10H,6-9H2,1-5H3. The molecule has 0 bridgehead atoms. The third-order valence-corrected chi connectivity index (χ3v) is 2.83. The normalized spacial score (nSPS) is 26.3. The number of rotatable bonds is 1. The minimum Gasteiger partial charge on any atom is -0.305 e. The lowest BCUT2D eigenvalue weighted by molar-refractivity contribution is 0.166. The minimum absolute atomic E-state index is 0.440. The first-order valence-corrected chi connectivity index (χ1v) is 5.33. The van der Waals surface area contributed by atoms with Crippen LogP contribution in [0, 0.1) is 5.41 Å². The number of hydrogen-bond donors (Lipinski definition) is 0. The monoisotopic (exact) mass is 184 g/mol. The first-order valence-electron chi connectivity index (χ1n) is 5.33. The second kappa shape index (κ2) is 3.97. The average Bonchev–Trinajstić information content (AvgIpc) is 2.07. The molecule has 1 saturated heterocycles. The third-order valence-electron chi connectivity index (χ3n) is 2.83. The van der Waals surface area contributed by atoms with E-state index in [2.05, 4.69) is 44.5 Å². The number of hydrogen-bond acceptors (Lipinski definition) is 2. The summed E-state index contributed by atoms with van der Waals surface area (Å²) < 4.78 is 0. The molecule has 1 heterocycles. The summed E-state index contributed by atoms with van der Waals surface area (Å²) in [5.74, 6) is 0. The molecular formula is C11H24N2. The average molecular weight is 184 g/mol. The zero-order valence-electron chi connectivity index (χ0n) is 9.80. The van der Waals surface area contributed by atoms with Crippen LogP contribution in [-0.2, 0) is 0 Å². The Hall–Kier alpha value is -0.0800. The molecule has 0 atom stereocenters. The molecule has 13 heavy (non-hydrogen) atoms. The van der Waals surface area contributed by atoms with Gasteiger partial charge in [0.15, 0.2) is 0 Å². The van der Waals surface area contributed by atoms with E-state index >= 15 is 0 Å². The van der Waals surface area contributed by atoms with Crippen molar-refractivity contribution in [3.05, 3.63) is 0 Å². The van der Waals surface area contributed by atoms with Gasteiger partial charge >= 0.3 is 0 Å². The molecule has 0 radical (unpaired) electrons. The van der Waals surface area contributed by atoms with E-state index in [9.17, 15) is 0 Å². The fraction of sp³-hybridized carbons (Fsp3) is 1.00. The maximum absolute atomic E-state index is 2.59. The Bertz CT molecular complexity index is 163. The first-order chi connectivity index (χ1) is 5.91. The van der Waals surface area contributed by atoms with Gasteiger partial charge in [0, 0.05) is 32.2 Å². The van der Waals surface area contributed by atoms with Crippen LogP contribution < -0.4 is 0 Å². The highest BCUT2D eigenvalue weighted by Gasteiger charge is 2.27. The van der Waals surface area contributed by atoms with Crippen LogP contribution in [-0.4, -0.2) is 49.1 Å². The van der Waals surface area contributed by atoms with Gasteiger partial charge in [0.05, 0.1) is 0 Å². The van der Waals surface area contributed by atoms with Gasteiger partial charge < -0.3 is 4.90 Å². The summed E-state index contributed by atoms with van der Waals surface area (Å²) in [6.45, 7) is 14.2. The Morgan fingerprint density at radius 3 is 2.23 bits per heavy atom. The van der Waals surface area contributed by atoms with Gasteiger partial charge in [0.1, 0.15) is 0 Å². The van der Waals surface area contributed by atoms with Gasteiger partial charge in [-0.3, -0.25) is 4.90 Å². The topological polar surface area (TPSA) is 6.48 Å². The Labute approximate surface area is 82.9 Å². The molecule has 0 N–H and O–H groups in total. The van der Waals surface area contributed by atoms with Gasteiger partial charge in [-0.15, -0.1) is 0 Å². The van der Waals surface area contributed by atoms with Crippen molar-refractivity contribution >= 4 is 0 Å². The number of likely N-dealkylation sites (N-methyl/N-ethyl adjacent to an activating group) is 1.